The summed E-state index contributed by atoms with van der Waals surface area (Å²) in [5, 5.41) is 3.03. The van der Waals surface area contributed by atoms with Crippen LogP contribution < -0.4 is 10.2 Å². The summed E-state index contributed by atoms with van der Waals surface area (Å²) >= 11 is 0. The predicted octanol–water partition coefficient (Wildman–Crippen LogP) is 2.78. The first kappa shape index (κ1) is 12.4. The lowest BCUT2D eigenvalue weighted by atomic mass is 9.85. The smallest absolute Gasteiger partial charge is 0.146 e. The molecule has 2 rings (SSSR count). The largest absolute Gasteiger partial charge is 0.372 e. The molecule has 1 aliphatic rings. The third-order valence-corrected chi connectivity index (χ3v) is 3.56. The maximum atomic E-state index is 13.9. The van der Waals surface area contributed by atoms with Crippen molar-refractivity contribution in [3.63, 3.8) is 0 Å². The topological polar surface area (TPSA) is 15.3 Å². The van der Waals surface area contributed by atoms with E-state index in [2.05, 4.69) is 5.32 Å². The fourth-order valence-corrected chi connectivity index (χ4v) is 2.34. The second-order valence-corrected chi connectivity index (χ2v) is 4.99. The van der Waals surface area contributed by atoms with Gasteiger partial charge in [0.2, 0.25) is 0 Å². The van der Waals surface area contributed by atoms with Gasteiger partial charge in [0.1, 0.15) is 5.82 Å². The van der Waals surface area contributed by atoms with Gasteiger partial charge in [0, 0.05) is 20.1 Å². The fraction of sp³-hybridized carbons (Fsp3) is 0.571. The molecule has 0 radical (unpaired) electrons. The van der Waals surface area contributed by atoms with Gasteiger partial charge in [-0.15, -0.1) is 0 Å². The van der Waals surface area contributed by atoms with Crippen LogP contribution in [0.5, 0.6) is 0 Å². The van der Waals surface area contributed by atoms with Gasteiger partial charge in [-0.2, -0.15) is 0 Å². The normalized spacial score (nSPS) is 15.7. The van der Waals surface area contributed by atoms with Crippen LogP contribution in [0.2, 0.25) is 0 Å². The van der Waals surface area contributed by atoms with E-state index in [4.69, 9.17) is 0 Å². The van der Waals surface area contributed by atoms with Crippen LogP contribution in [0.4, 0.5) is 10.1 Å². The average molecular weight is 236 g/mol. The Morgan fingerprint density at radius 3 is 2.71 bits per heavy atom. The summed E-state index contributed by atoms with van der Waals surface area (Å²) in [4.78, 5) is 2.04. The van der Waals surface area contributed by atoms with Crippen molar-refractivity contribution in [3.8, 4) is 0 Å². The first-order valence-corrected chi connectivity index (χ1v) is 6.35. The first-order valence-electron chi connectivity index (χ1n) is 6.35. The van der Waals surface area contributed by atoms with Crippen LogP contribution in [0, 0.1) is 11.7 Å². The SMILES string of the molecule is CNCc1ccc(N(C)CC2CCC2)c(F)c1. The maximum Gasteiger partial charge on any atom is 0.146 e. The monoisotopic (exact) mass is 236 g/mol. The van der Waals surface area contributed by atoms with Gasteiger partial charge in [0.25, 0.3) is 0 Å². The van der Waals surface area contributed by atoms with Crippen LogP contribution in [0.3, 0.4) is 0 Å². The molecule has 1 saturated carbocycles. The van der Waals surface area contributed by atoms with Crippen LogP contribution >= 0.6 is 0 Å². The molecule has 0 saturated heterocycles. The van der Waals surface area contributed by atoms with E-state index in [-0.39, 0.29) is 5.82 Å². The van der Waals surface area contributed by atoms with Crippen molar-refractivity contribution in [3.05, 3.63) is 29.6 Å². The van der Waals surface area contributed by atoms with Gasteiger partial charge < -0.3 is 10.2 Å². The third-order valence-electron chi connectivity index (χ3n) is 3.56. The highest BCUT2D eigenvalue weighted by Crippen LogP contribution is 2.29. The summed E-state index contributed by atoms with van der Waals surface area (Å²) in [5.41, 5.74) is 1.71. The number of nitrogens with one attached hydrogen (secondary N) is 1. The number of halogens is 1. The number of rotatable bonds is 5. The van der Waals surface area contributed by atoms with E-state index in [0.29, 0.717) is 6.54 Å². The van der Waals surface area contributed by atoms with Crippen molar-refractivity contribution in [2.75, 3.05) is 25.5 Å². The molecule has 1 aromatic carbocycles. The highest BCUT2D eigenvalue weighted by atomic mass is 19.1. The predicted molar refractivity (Wildman–Crippen MR) is 69.8 cm³/mol. The Labute approximate surface area is 103 Å². The Morgan fingerprint density at radius 2 is 2.18 bits per heavy atom. The summed E-state index contributed by atoms with van der Waals surface area (Å²) < 4.78 is 13.9. The lowest BCUT2D eigenvalue weighted by molar-refractivity contribution is 0.321. The first-order chi connectivity index (χ1) is 8.20. The van der Waals surface area contributed by atoms with Crippen molar-refractivity contribution in [1.82, 2.24) is 5.32 Å². The van der Waals surface area contributed by atoms with Crippen molar-refractivity contribution < 1.29 is 4.39 Å². The zero-order valence-corrected chi connectivity index (χ0v) is 10.7. The lowest BCUT2D eigenvalue weighted by Crippen LogP contribution is -2.29. The van der Waals surface area contributed by atoms with Gasteiger partial charge in [0.15, 0.2) is 0 Å². The highest BCUT2D eigenvalue weighted by Gasteiger charge is 2.20. The Balaban J connectivity index is 2.03. The third kappa shape index (κ3) is 2.97. The zero-order valence-electron chi connectivity index (χ0n) is 10.7. The second kappa shape index (κ2) is 5.50. The van der Waals surface area contributed by atoms with E-state index in [1.807, 2.05) is 31.1 Å². The Kier molecular flexibility index (Phi) is 4.00. The van der Waals surface area contributed by atoms with E-state index in [9.17, 15) is 4.39 Å². The van der Waals surface area contributed by atoms with E-state index >= 15 is 0 Å². The number of anilines is 1. The number of hydrogen-bond donors (Lipinski definition) is 1. The number of hydrogen-bond acceptors (Lipinski definition) is 2. The van der Waals surface area contributed by atoms with Gasteiger partial charge in [-0.05, 0) is 43.5 Å². The Hall–Kier alpha value is -1.09. The van der Waals surface area contributed by atoms with Crippen LogP contribution in [0.15, 0.2) is 18.2 Å². The van der Waals surface area contributed by atoms with Crippen molar-refractivity contribution >= 4 is 5.69 Å². The van der Waals surface area contributed by atoms with Gasteiger partial charge in [0.05, 0.1) is 5.69 Å². The summed E-state index contributed by atoms with van der Waals surface area (Å²) in [5.74, 6) is 0.649. The van der Waals surface area contributed by atoms with Gasteiger partial charge in [-0.3, -0.25) is 0 Å². The van der Waals surface area contributed by atoms with E-state index in [0.717, 1.165) is 23.7 Å². The molecule has 0 amide bonds. The molecule has 0 aliphatic heterocycles. The molecule has 0 heterocycles. The molecule has 2 nitrogen and oxygen atoms in total. The van der Waals surface area contributed by atoms with Crippen LogP contribution in [0.25, 0.3) is 0 Å². The summed E-state index contributed by atoms with van der Waals surface area (Å²) in [6.45, 7) is 1.69. The Morgan fingerprint density at radius 1 is 1.41 bits per heavy atom. The molecular formula is C14H21FN2. The van der Waals surface area contributed by atoms with E-state index in [1.54, 1.807) is 6.07 Å². The molecule has 0 bridgehead atoms. The molecule has 94 valence electrons. The fourth-order valence-electron chi connectivity index (χ4n) is 2.34. The second-order valence-electron chi connectivity index (χ2n) is 4.99. The molecule has 0 unspecified atom stereocenters. The molecular weight excluding hydrogens is 215 g/mol. The van der Waals surface area contributed by atoms with Crippen molar-refractivity contribution in [2.24, 2.45) is 5.92 Å². The lowest BCUT2D eigenvalue weighted by Gasteiger charge is -2.31. The van der Waals surface area contributed by atoms with Crippen LogP contribution in [-0.2, 0) is 6.54 Å². The average Bonchev–Trinajstić information content (AvgIpc) is 2.24. The molecule has 1 aliphatic carbocycles. The van der Waals surface area contributed by atoms with E-state index in [1.165, 1.54) is 19.3 Å². The highest BCUT2D eigenvalue weighted by molar-refractivity contribution is 5.48. The summed E-state index contributed by atoms with van der Waals surface area (Å²) in [6.07, 6.45) is 3.93. The quantitative estimate of drug-likeness (QED) is 0.845. The molecule has 0 spiro atoms. The minimum absolute atomic E-state index is 0.112. The van der Waals surface area contributed by atoms with Crippen molar-refractivity contribution in [1.29, 1.82) is 0 Å². The molecule has 1 N–H and O–H groups in total. The number of benzene rings is 1. The molecule has 1 aromatic rings. The molecule has 0 aromatic heterocycles. The van der Waals surface area contributed by atoms with Crippen LogP contribution in [0.1, 0.15) is 24.8 Å². The Bertz CT molecular complexity index is 374. The maximum absolute atomic E-state index is 13.9. The molecule has 1 fully saturated rings. The summed E-state index contributed by atoms with van der Waals surface area (Å²) in [6, 6.07) is 5.51. The standard InChI is InChI=1S/C14H21FN2/c1-16-9-12-6-7-14(13(15)8-12)17(2)10-11-4-3-5-11/h6-8,11,16H,3-5,9-10H2,1-2H3. The van der Waals surface area contributed by atoms with Gasteiger partial charge >= 0.3 is 0 Å². The van der Waals surface area contributed by atoms with E-state index < -0.39 is 0 Å². The summed E-state index contributed by atoms with van der Waals surface area (Å²) in [7, 11) is 3.85. The zero-order chi connectivity index (χ0) is 12.3. The van der Waals surface area contributed by atoms with Gasteiger partial charge in [-0.25, -0.2) is 4.39 Å². The van der Waals surface area contributed by atoms with Gasteiger partial charge in [-0.1, -0.05) is 12.5 Å². The molecule has 0 atom stereocenters. The minimum atomic E-state index is -0.112. The molecule has 3 heteroatoms. The minimum Gasteiger partial charge on any atom is -0.372 e. The van der Waals surface area contributed by atoms with Crippen LogP contribution in [-0.4, -0.2) is 20.6 Å². The number of nitrogens with zero attached hydrogens (tertiary/aromatic N) is 1. The molecule has 17 heavy (non-hydrogen) atoms. The van der Waals surface area contributed by atoms with Crippen molar-refractivity contribution in [2.45, 2.75) is 25.8 Å².